The first-order valence-corrected chi connectivity index (χ1v) is 2.92. The van der Waals surface area contributed by atoms with Gasteiger partial charge in [-0.05, 0) is 0 Å². The van der Waals surface area contributed by atoms with Crippen molar-refractivity contribution in [2.75, 3.05) is 0 Å². The third-order valence-electron chi connectivity index (χ3n) is 0.809. The van der Waals surface area contributed by atoms with E-state index in [1.165, 1.54) is 4.80 Å². The zero-order chi connectivity index (χ0) is 5.98. The molecule has 1 heterocycles. The van der Waals surface area contributed by atoms with E-state index < -0.39 is 0 Å². The number of thiol groups is 1. The van der Waals surface area contributed by atoms with E-state index in [1.54, 1.807) is 13.2 Å². The van der Waals surface area contributed by atoms with E-state index >= 15 is 0 Å². The summed E-state index contributed by atoms with van der Waals surface area (Å²) >= 11 is 4.01. The zero-order valence-corrected chi connectivity index (χ0v) is 5.47. The Kier molecular flexibility index (Phi) is 1.53. The molecule has 1 aromatic heterocycles. The van der Waals surface area contributed by atoms with E-state index in [-0.39, 0.29) is 0 Å². The lowest BCUT2D eigenvalue weighted by Crippen LogP contribution is -1.91. The summed E-state index contributed by atoms with van der Waals surface area (Å²) in [6.45, 7) is 0. The molecule has 0 bridgehead atoms. The van der Waals surface area contributed by atoms with Gasteiger partial charge in [0.2, 0.25) is 0 Å². The summed E-state index contributed by atoms with van der Waals surface area (Å²) in [5.74, 6) is 0.661. The number of aromatic nitrogens is 3. The Morgan fingerprint density at radius 2 is 2.62 bits per heavy atom. The van der Waals surface area contributed by atoms with Crippen LogP contribution >= 0.6 is 12.6 Å². The molecule has 8 heavy (non-hydrogen) atoms. The molecule has 0 aromatic carbocycles. The van der Waals surface area contributed by atoms with Crippen LogP contribution in [0.5, 0.6) is 0 Å². The van der Waals surface area contributed by atoms with Gasteiger partial charge in [-0.2, -0.15) is 27.6 Å². The molecule has 0 amide bonds. The van der Waals surface area contributed by atoms with Crippen molar-refractivity contribution < 1.29 is 0 Å². The Labute approximate surface area is 53.1 Å². The predicted molar refractivity (Wildman–Crippen MR) is 33.7 cm³/mol. The van der Waals surface area contributed by atoms with E-state index in [2.05, 4.69) is 22.8 Å². The van der Waals surface area contributed by atoms with E-state index in [0.717, 1.165) is 5.69 Å². The van der Waals surface area contributed by atoms with Crippen LogP contribution in [-0.4, -0.2) is 15.0 Å². The Hall–Kier alpha value is -0.510. The van der Waals surface area contributed by atoms with Crippen molar-refractivity contribution >= 4 is 12.6 Å². The van der Waals surface area contributed by atoms with Gasteiger partial charge in [-0.15, -0.1) is 0 Å². The van der Waals surface area contributed by atoms with Crippen LogP contribution in [0.3, 0.4) is 0 Å². The second kappa shape index (κ2) is 2.17. The van der Waals surface area contributed by atoms with Crippen molar-refractivity contribution in [3.8, 4) is 0 Å². The van der Waals surface area contributed by atoms with Crippen LogP contribution in [0.1, 0.15) is 5.69 Å². The largest absolute Gasteiger partial charge is 0.188 e. The van der Waals surface area contributed by atoms with E-state index in [4.69, 9.17) is 0 Å². The molecule has 0 fully saturated rings. The van der Waals surface area contributed by atoms with E-state index in [0.29, 0.717) is 5.75 Å². The second-order valence-corrected chi connectivity index (χ2v) is 1.80. The highest BCUT2D eigenvalue weighted by Crippen LogP contribution is 1.93. The van der Waals surface area contributed by atoms with Crippen LogP contribution in [0.25, 0.3) is 0 Å². The fourth-order valence-electron chi connectivity index (χ4n) is 0.460. The van der Waals surface area contributed by atoms with Crippen molar-refractivity contribution in [1.29, 1.82) is 0 Å². The molecule has 44 valence electrons. The zero-order valence-electron chi connectivity index (χ0n) is 4.57. The Balaban J connectivity index is 2.84. The fraction of sp³-hybridized carbons (Fsp3) is 0.500. The van der Waals surface area contributed by atoms with Gasteiger partial charge >= 0.3 is 0 Å². The SMILES string of the molecule is Cn1ncc(CS)n1. The molecule has 0 aliphatic carbocycles. The van der Waals surface area contributed by atoms with Crippen LogP contribution in [0.15, 0.2) is 6.20 Å². The highest BCUT2D eigenvalue weighted by Gasteiger charge is 1.90. The summed E-state index contributed by atoms with van der Waals surface area (Å²) in [6.07, 6.45) is 1.70. The van der Waals surface area contributed by atoms with Crippen LogP contribution in [0.2, 0.25) is 0 Å². The van der Waals surface area contributed by atoms with Gasteiger partial charge in [0.1, 0.15) is 0 Å². The number of hydrogen-bond donors (Lipinski definition) is 1. The maximum absolute atomic E-state index is 4.01. The number of aryl methyl sites for hydroxylation is 1. The minimum Gasteiger partial charge on any atom is -0.188 e. The molecule has 0 radical (unpaired) electrons. The number of rotatable bonds is 1. The lowest BCUT2D eigenvalue weighted by Gasteiger charge is -1.80. The summed E-state index contributed by atoms with van der Waals surface area (Å²) in [5.41, 5.74) is 0.913. The summed E-state index contributed by atoms with van der Waals surface area (Å²) in [5, 5.41) is 7.80. The number of nitrogens with zero attached hydrogens (tertiary/aromatic N) is 3. The minimum absolute atomic E-state index is 0.661. The second-order valence-electron chi connectivity index (χ2n) is 1.48. The first-order chi connectivity index (χ1) is 3.83. The first-order valence-electron chi connectivity index (χ1n) is 2.29. The lowest BCUT2D eigenvalue weighted by molar-refractivity contribution is 0.649. The van der Waals surface area contributed by atoms with Gasteiger partial charge in [0.05, 0.1) is 11.9 Å². The van der Waals surface area contributed by atoms with Crippen LogP contribution < -0.4 is 0 Å². The lowest BCUT2D eigenvalue weighted by atomic mass is 10.6. The van der Waals surface area contributed by atoms with Gasteiger partial charge in [-0.3, -0.25) is 0 Å². The topological polar surface area (TPSA) is 30.7 Å². The molecule has 3 nitrogen and oxygen atoms in total. The molecule has 0 aliphatic rings. The molecule has 0 saturated heterocycles. The monoisotopic (exact) mass is 129 g/mol. The highest BCUT2D eigenvalue weighted by atomic mass is 32.1. The van der Waals surface area contributed by atoms with Crippen LogP contribution in [-0.2, 0) is 12.8 Å². The van der Waals surface area contributed by atoms with Crippen molar-refractivity contribution in [3.05, 3.63) is 11.9 Å². The van der Waals surface area contributed by atoms with Gasteiger partial charge in [0, 0.05) is 12.8 Å². The average molecular weight is 129 g/mol. The molecule has 0 atom stereocenters. The summed E-state index contributed by atoms with van der Waals surface area (Å²) in [6, 6.07) is 0. The average Bonchev–Trinajstić information content (AvgIpc) is 2.14. The maximum Gasteiger partial charge on any atom is 0.0923 e. The van der Waals surface area contributed by atoms with E-state index in [9.17, 15) is 0 Å². The van der Waals surface area contributed by atoms with Crippen molar-refractivity contribution in [2.45, 2.75) is 5.75 Å². The molecule has 0 spiro atoms. The quantitative estimate of drug-likeness (QED) is 0.551. The van der Waals surface area contributed by atoms with Crippen LogP contribution in [0.4, 0.5) is 0 Å². The molecule has 4 heteroatoms. The third-order valence-corrected chi connectivity index (χ3v) is 1.13. The molecule has 0 saturated carbocycles. The Bertz CT molecular complexity index is 172. The summed E-state index contributed by atoms with van der Waals surface area (Å²) in [7, 11) is 1.78. The standard InChI is InChI=1S/C4H7N3S/c1-7-5-2-4(3-8)6-7/h2,8H,3H2,1H3. The van der Waals surface area contributed by atoms with Gasteiger partial charge in [0.25, 0.3) is 0 Å². The summed E-state index contributed by atoms with van der Waals surface area (Å²) in [4.78, 5) is 1.52. The molecule has 0 aliphatic heterocycles. The maximum atomic E-state index is 4.01. The molecule has 0 N–H and O–H groups in total. The van der Waals surface area contributed by atoms with Gasteiger partial charge in [-0.25, -0.2) is 0 Å². The van der Waals surface area contributed by atoms with Crippen molar-refractivity contribution in [2.24, 2.45) is 7.05 Å². The molecule has 0 unspecified atom stereocenters. The first kappa shape index (κ1) is 5.62. The molecular formula is C4H7N3S. The van der Waals surface area contributed by atoms with Gasteiger partial charge in [-0.1, -0.05) is 0 Å². The smallest absolute Gasteiger partial charge is 0.0923 e. The normalized spacial score (nSPS) is 9.75. The third kappa shape index (κ3) is 1.01. The minimum atomic E-state index is 0.661. The number of hydrogen-bond acceptors (Lipinski definition) is 3. The molecule has 1 rings (SSSR count). The Morgan fingerprint density at radius 1 is 1.88 bits per heavy atom. The molecular weight excluding hydrogens is 122 g/mol. The van der Waals surface area contributed by atoms with Crippen LogP contribution in [0, 0.1) is 0 Å². The fourth-order valence-corrected chi connectivity index (χ4v) is 0.605. The van der Waals surface area contributed by atoms with E-state index in [1.807, 2.05) is 0 Å². The molecule has 1 aromatic rings. The van der Waals surface area contributed by atoms with Crippen molar-refractivity contribution in [3.63, 3.8) is 0 Å². The van der Waals surface area contributed by atoms with Gasteiger partial charge < -0.3 is 0 Å². The highest BCUT2D eigenvalue weighted by molar-refractivity contribution is 7.79. The Morgan fingerprint density at radius 3 is 2.88 bits per heavy atom. The van der Waals surface area contributed by atoms with Gasteiger partial charge in [0.15, 0.2) is 0 Å². The predicted octanol–water partition coefficient (Wildman–Crippen LogP) is 0.245. The summed E-state index contributed by atoms with van der Waals surface area (Å²) < 4.78 is 0. The van der Waals surface area contributed by atoms with Crippen molar-refractivity contribution in [1.82, 2.24) is 15.0 Å².